The maximum absolute atomic E-state index is 11.6. The summed E-state index contributed by atoms with van der Waals surface area (Å²) in [6.45, 7) is 3.29. The van der Waals surface area contributed by atoms with Crippen LogP contribution in [0.1, 0.15) is 24.3 Å². The SMILES string of the molecule is CCOC(=O)C(Cl)c1ccc2c(c1)OCCCO2. The average molecular weight is 271 g/mol. The summed E-state index contributed by atoms with van der Waals surface area (Å²) >= 11 is 6.05. The summed E-state index contributed by atoms with van der Waals surface area (Å²) in [6, 6.07) is 5.25. The Morgan fingerprint density at radius 2 is 2.11 bits per heavy atom. The zero-order valence-electron chi connectivity index (χ0n) is 10.1. The monoisotopic (exact) mass is 270 g/mol. The van der Waals surface area contributed by atoms with Crippen molar-refractivity contribution in [2.75, 3.05) is 19.8 Å². The van der Waals surface area contributed by atoms with Crippen molar-refractivity contribution < 1.29 is 19.0 Å². The summed E-state index contributed by atoms with van der Waals surface area (Å²) in [5, 5.41) is -0.817. The highest BCUT2D eigenvalue weighted by Gasteiger charge is 2.21. The number of carbonyl (C=O) groups excluding carboxylic acids is 1. The molecular weight excluding hydrogens is 256 g/mol. The van der Waals surface area contributed by atoms with Crippen LogP contribution in [0.5, 0.6) is 11.5 Å². The Balaban J connectivity index is 2.19. The van der Waals surface area contributed by atoms with Crippen molar-refractivity contribution in [3.63, 3.8) is 0 Å². The van der Waals surface area contributed by atoms with Gasteiger partial charge in [-0.05, 0) is 24.6 Å². The van der Waals surface area contributed by atoms with Gasteiger partial charge in [0, 0.05) is 6.42 Å². The lowest BCUT2D eigenvalue weighted by Gasteiger charge is -2.12. The van der Waals surface area contributed by atoms with E-state index in [1.54, 1.807) is 25.1 Å². The van der Waals surface area contributed by atoms with Crippen molar-refractivity contribution in [2.24, 2.45) is 0 Å². The molecule has 1 aromatic rings. The van der Waals surface area contributed by atoms with E-state index in [2.05, 4.69) is 0 Å². The second-order valence-electron chi connectivity index (χ2n) is 3.87. The largest absolute Gasteiger partial charge is 0.490 e. The standard InChI is InChI=1S/C13H15ClO4/c1-2-16-13(15)12(14)9-4-5-10-11(8-9)18-7-3-6-17-10/h4-5,8,12H,2-3,6-7H2,1H3. The number of esters is 1. The highest BCUT2D eigenvalue weighted by molar-refractivity contribution is 6.30. The predicted octanol–water partition coefficient (Wildman–Crippen LogP) is 2.69. The van der Waals surface area contributed by atoms with Gasteiger partial charge in [-0.15, -0.1) is 11.6 Å². The third-order valence-corrected chi connectivity index (χ3v) is 2.99. The number of hydrogen-bond acceptors (Lipinski definition) is 4. The van der Waals surface area contributed by atoms with E-state index in [9.17, 15) is 4.79 Å². The molecule has 0 radical (unpaired) electrons. The van der Waals surface area contributed by atoms with Gasteiger partial charge in [-0.25, -0.2) is 0 Å². The minimum absolute atomic E-state index is 0.312. The van der Waals surface area contributed by atoms with Gasteiger partial charge in [-0.2, -0.15) is 0 Å². The fourth-order valence-corrected chi connectivity index (χ4v) is 1.89. The molecule has 1 aromatic carbocycles. The number of alkyl halides is 1. The molecular formula is C13H15ClO4. The van der Waals surface area contributed by atoms with E-state index in [1.807, 2.05) is 0 Å². The van der Waals surface area contributed by atoms with Gasteiger partial charge in [-0.1, -0.05) is 6.07 Å². The maximum atomic E-state index is 11.6. The molecule has 2 rings (SSSR count). The van der Waals surface area contributed by atoms with Crippen LogP contribution in [0.25, 0.3) is 0 Å². The van der Waals surface area contributed by atoms with Crippen molar-refractivity contribution >= 4 is 17.6 Å². The van der Waals surface area contributed by atoms with Gasteiger partial charge >= 0.3 is 5.97 Å². The fraction of sp³-hybridized carbons (Fsp3) is 0.462. The van der Waals surface area contributed by atoms with E-state index in [1.165, 1.54) is 0 Å². The molecule has 1 heterocycles. The molecule has 18 heavy (non-hydrogen) atoms. The number of carbonyl (C=O) groups is 1. The van der Waals surface area contributed by atoms with E-state index < -0.39 is 11.3 Å². The Hall–Kier alpha value is -1.42. The van der Waals surface area contributed by atoms with Crippen LogP contribution in [-0.4, -0.2) is 25.8 Å². The number of rotatable bonds is 3. The number of benzene rings is 1. The lowest BCUT2D eigenvalue weighted by atomic mass is 10.1. The molecule has 0 fully saturated rings. The third kappa shape index (κ3) is 2.88. The van der Waals surface area contributed by atoms with Crippen molar-refractivity contribution in [2.45, 2.75) is 18.7 Å². The van der Waals surface area contributed by atoms with Crippen molar-refractivity contribution in [3.8, 4) is 11.5 Å². The minimum Gasteiger partial charge on any atom is -0.490 e. The molecule has 1 atom stereocenters. The van der Waals surface area contributed by atoms with E-state index in [4.69, 9.17) is 25.8 Å². The molecule has 4 nitrogen and oxygen atoms in total. The maximum Gasteiger partial charge on any atom is 0.328 e. The van der Waals surface area contributed by atoms with Gasteiger partial charge in [-0.3, -0.25) is 4.79 Å². The first kappa shape index (κ1) is 13.0. The molecule has 0 saturated carbocycles. The van der Waals surface area contributed by atoms with Crippen molar-refractivity contribution in [1.82, 2.24) is 0 Å². The van der Waals surface area contributed by atoms with E-state index in [-0.39, 0.29) is 0 Å². The first-order chi connectivity index (χ1) is 8.72. The van der Waals surface area contributed by atoms with E-state index >= 15 is 0 Å². The number of halogens is 1. The topological polar surface area (TPSA) is 44.8 Å². The van der Waals surface area contributed by atoms with Gasteiger partial charge < -0.3 is 14.2 Å². The molecule has 1 unspecified atom stereocenters. The lowest BCUT2D eigenvalue weighted by Crippen LogP contribution is -2.11. The van der Waals surface area contributed by atoms with Gasteiger partial charge in [0.15, 0.2) is 16.9 Å². The second-order valence-corrected chi connectivity index (χ2v) is 4.31. The second kappa shape index (κ2) is 5.96. The van der Waals surface area contributed by atoms with Crippen LogP contribution in [0.15, 0.2) is 18.2 Å². The smallest absolute Gasteiger partial charge is 0.328 e. The average Bonchev–Trinajstić information content (AvgIpc) is 2.62. The summed E-state index contributed by atoms with van der Waals surface area (Å²) in [5.74, 6) is 0.859. The zero-order chi connectivity index (χ0) is 13.0. The Morgan fingerprint density at radius 3 is 2.83 bits per heavy atom. The number of ether oxygens (including phenoxy) is 3. The third-order valence-electron chi connectivity index (χ3n) is 2.56. The first-order valence-corrected chi connectivity index (χ1v) is 6.36. The summed E-state index contributed by atoms with van der Waals surface area (Å²) in [6.07, 6.45) is 0.839. The minimum atomic E-state index is -0.817. The Kier molecular flexibility index (Phi) is 4.31. The number of hydrogen-bond donors (Lipinski definition) is 0. The Bertz CT molecular complexity index is 433. The van der Waals surface area contributed by atoms with Crippen LogP contribution in [0.4, 0.5) is 0 Å². The quantitative estimate of drug-likeness (QED) is 0.626. The molecule has 0 amide bonds. The highest BCUT2D eigenvalue weighted by atomic mass is 35.5. The van der Waals surface area contributed by atoms with Gasteiger partial charge in [0.25, 0.3) is 0 Å². The summed E-state index contributed by atoms with van der Waals surface area (Å²) in [7, 11) is 0. The fourth-order valence-electron chi connectivity index (χ4n) is 1.69. The van der Waals surface area contributed by atoms with Crippen LogP contribution < -0.4 is 9.47 Å². The molecule has 0 aliphatic carbocycles. The van der Waals surface area contributed by atoms with Crippen LogP contribution in [0, 0.1) is 0 Å². The first-order valence-electron chi connectivity index (χ1n) is 5.92. The van der Waals surface area contributed by atoms with Crippen LogP contribution >= 0.6 is 11.6 Å². The predicted molar refractivity (Wildman–Crippen MR) is 67.3 cm³/mol. The Labute approximate surface area is 111 Å². The van der Waals surface area contributed by atoms with Crippen LogP contribution in [-0.2, 0) is 9.53 Å². The zero-order valence-corrected chi connectivity index (χ0v) is 10.9. The molecule has 1 aliphatic heterocycles. The van der Waals surface area contributed by atoms with E-state index in [0.29, 0.717) is 36.9 Å². The van der Waals surface area contributed by atoms with Crippen LogP contribution in [0.2, 0.25) is 0 Å². The molecule has 0 bridgehead atoms. The van der Waals surface area contributed by atoms with Gasteiger partial charge in [0.05, 0.1) is 19.8 Å². The molecule has 0 aromatic heterocycles. The number of fused-ring (bicyclic) bond motifs is 1. The molecule has 1 aliphatic rings. The van der Waals surface area contributed by atoms with Gasteiger partial charge in [0.1, 0.15) is 0 Å². The van der Waals surface area contributed by atoms with Crippen molar-refractivity contribution in [1.29, 1.82) is 0 Å². The molecule has 98 valence electrons. The molecule has 5 heteroatoms. The summed E-state index contributed by atoms with van der Waals surface area (Å²) in [5.41, 5.74) is 0.652. The normalized spacial score (nSPS) is 15.7. The Morgan fingerprint density at radius 1 is 1.39 bits per heavy atom. The summed E-state index contributed by atoms with van der Waals surface area (Å²) < 4.78 is 15.9. The highest BCUT2D eigenvalue weighted by Crippen LogP contribution is 2.34. The molecule has 0 spiro atoms. The van der Waals surface area contributed by atoms with E-state index in [0.717, 1.165) is 6.42 Å². The molecule has 0 N–H and O–H groups in total. The lowest BCUT2D eigenvalue weighted by molar-refractivity contribution is -0.142. The van der Waals surface area contributed by atoms with Crippen molar-refractivity contribution in [3.05, 3.63) is 23.8 Å². The van der Waals surface area contributed by atoms with Crippen LogP contribution in [0.3, 0.4) is 0 Å². The van der Waals surface area contributed by atoms with Gasteiger partial charge in [0.2, 0.25) is 0 Å². The molecule has 0 saturated heterocycles. The summed E-state index contributed by atoms with van der Waals surface area (Å²) in [4.78, 5) is 11.6.